The van der Waals surface area contributed by atoms with Crippen LogP contribution < -0.4 is 5.32 Å². The molecule has 6 heteroatoms. The van der Waals surface area contributed by atoms with E-state index in [-0.39, 0.29) is 0 Å². The zero-order valence-electron chi connectivity index (χ0n) is 9.43. The first-order valence-electron chi connectivity index (χ1n) is 5.49. The van der Waals surface area contributed by atoms with E-state index in [1.165, 1.54) is 5.56 Å². The number of hydrogen-bond donors (Lipinski definition) is 1. The molecule has 0 radical (unpaired) electrons. The summed E-state index contributed by atoms with van der Waals surface area (Å²) in [4.78, 5) is 13.5. The summed E-state index contributed by atoms with van der Waals surface area (Å²) in [5.41, 5.74) is 2.42. The summed E-state index contributed by atoms with van der Waals surface area (Å²) in [5, 5.41) is 6.17. The van der Waals surface area contributed by atoms with Crippen molar-refractivity contribution in [3.8, 4) is 10.8 Å². The number of thiazole rings is 1. The molecular formula is C11H12N4S2. The van der Waals surface area contributed by atoms with Crippen molar-refractivity contribution in [1.82, 2.24) is 15.0 Å². The van der Waals surface area contributed by atoms with Crippen molar-refractivity contribution >= 4 is 28.9 Å². The van der Waals surface area contributed by atoms with Crippen molar-refractivity contribution in [3.63, 3.8) is 0 Å². The lowest BCUT2D eigenvalue weighted by atomic mass is 10.2. The Hall–Kier alpha value is -1.14. The molecule has 2 aromatic heterocycles. The molecule has 3 rings (SSSR count). The monoisotopic (exact) mass is 264 g/mol. The second-order valence-corrected chi connectivity index (χ2v) is 5.56. The van der Waals surface area contributed by atoms with Crippen molar-refractivity contribution in [2.24, 2.45) is 0 Å². The first-order chi connectivity index (χ1) is 8.38. The second kappa shape index (κ2) is 4.62. The Morgan fingerprint density at radius 2 is 2.29 bits per heavy atom. The fourth-order valence-corrected chi connectivity index (χ4v) is 3.41. The van der Waals surface area contributed by atoms with Gasteiger partial charge in [0.1, 0.15) is 5.82 Å². The van der Waals surface area contributed by atoms with Gasteiger partial charge in [-0.25, -0.2) is 15.0 Å². The largest absolute Gasteiger partial charge is 0.370 e. The van der Waals surface area contributed by atoms with Crippen LogP contribution >= 0.6 is 23.1 Å². The highest BCUT2D eigenvalue weighted by Gasteiger charge is 2.20. The van der Waals surface area contributed by atoms with Crippen LogP contribution in [0.1, 0.15) is 18.2 Å². The topological polar surface area (TPSA) is 50.7 Å². The summed E-state index contributed by atoms with van der Waals surface area (Å²) in [7, 11) is 0. The van der Waals surface area contributed by atoms with Gasteiger partial charge < -0.3 is 5.32 Å². The van der Waals surface area contributed by atoms with E-state index in [4.69, 9.17) is 0 Å². The van der Waals surface area contributed by atoms with E-state index in [1.54, 1.807) is 17.5 Å². The molecule has 3 heterocycles. The molecule has 0 atom stereocenters. The van der Waals surface area contributed by atoms with Crippen LogP contribution in [0, 0.1) is 0 Å². The summed E-state index contributed by atoms with van der Waals surface area (Å²) >= 11 is 3.47. The molecule has 0 unspecified atom stereocenters. The lowest BCUT2D eigenvalue weighted by Crippen LogP contribution is -2.06. The van der Waals surface area contributed by atoms with Gasteiger partial charge in [-0.1, -0.05) is 0 Å². The van der Waals surface area contributed by atoms with Crippen LogP contribution in [0.5, 0.6) is 0 Å². The number of nitrogens with one attached hydrogen (secondary N) is 1. The molecule has 88 valence electrons. The maximum absolute atomic E-state index is 4.61. The van der Waals surface area contributed by atoms with Gasteiger partial charge in [0.25, 0.3) is 0 Å². The Morgan fingerprint density at radius 1 is 1.35 bits per heavy atom. The van der Waals surface area contributed by atoms with E-state index in [0.717, 1.165) is 40.4 Å². The maximum Gasteiger partial charge on any atom is 0.190 e. The van der Waals surface area contributed by atoms with Crippen molar-refractivity contribution < 1.29 is 0 Å². The summed E-state index contributed by atoms with van der Waals surface area (Å²) in [5.74, 6) is 3.72. The van der Waals surface area contributed by atoms with Crippen molar-refractivity contribution in [2.45, 2.75) is 18.4 Å². The van der Waals surface area contributed by atoms with Crippen molar-refractivity contribution in [3.05, 3.63) is 22.8 Å². The van der Waals surface area contributed by atoms with Crippen LogP contribution in [0.4, 0.5) is 5.82 Å². The summed E-state index contributed by atoms with van der Waals surface area (Å²) in [6, 6.07) is 0. The number of fused-ring (bicyclic) bond motifs is 1. The van der Waals surface area contributed by atoms with Crippen molar-refractivity contribution in [2.75, 3.05) is 11.9 Å². The Labute approximate surface area is 108 Å². The van der Waals surface area contributed by atoms with Crippen LogP contribution in [0.3, 0.4) is 0 Å². The number of hydrogen-bond acceptors (Lipinski definition) is 6. The molecule has 0 bridgehead atoms. The summed E-state index contributed by atoms with van der Waals surface area (Å²) < 4.78 is 0. The highest BCUT2D eigenvalue weighted by atomic mass is 32.2. The maximum atomic E-state index is 4.61. The van der Waals surface area contributed by atoms with E-state index >= 15 is 0 Å². The van der Waals surface area contributed by atoms with Gasteiger partial charge in [0.15, 0.2) is 10.8 Å². The minimum atomic E-state index is 0.747. The standard InChI is InChI=1S/C11H12N4S2/c1-2-12-9-7-5-16-6-8(7)14-10(15-9)11-13-3-4-17-11/h3-4H,2,5-6H2,1H3,(H,12,14,15). The molecule has 0 saturated heterocycles. The zero-order chi connectivity index (χ0) is 11.7. The van der Waals surface area contributed by atoms with Gasteiger partial charge in [0.05, 0.1) is 5.69 Å². The van der Waals surface area contributed by atoms with Crippen molar-refractivity contribution in [1.29, 1.82) is 0 Å². The smallest absolute Gasteiger partial charge is 0.190 e. The molecule has 17 heavy (non-hydrogen) atoms. The minimum absolute atomic E-state index is 0.747. The number of nitrogens with zero attached hydrogens (tertiary/aromatic N) is 3. The van der Waals surface area contributed by atoms with E-state index < -0.39 is 0 Å². The third kappa shape index (κ3) is 2.02. The molecule has 0 saturated carbocycles. The lowest BCUT2D eigenvalue weighted by molar-refractivity contribution is 1.04. The van der Waals surface area contributed by atoms with Gasteiger partial charge >= 0.3 is 0 Å². The van der Waals surface area contributed by atoms with Gasteiger partial charge in [-0.15, -0.1) is 11.3 Å². The van der Waals surface area contributed by atoms with Crippen LogP contribution in [-0.2, 0) is 11.5 Å². The first kappa shape index (κ1) is 11.0. The number of aromatic nitrogens is 3. The zero-order valence-corrected chi connectivity index (χ0v) is 11.1. The Morgan fingerprint density at radius 3 is 3.06 bits per heavy atom. The quantitative estimate of drug-likeness (QED) is 0.923. The van der Waals surface area contributed by atoms with Crippen LogP contribution in [0.2, 0.25) is 0 Å². The average Bonchev–Trinajstić information content (AvgIpc) is 3.00. The molecular weight excluding hydrogens is 252 g/mol. The molecule has 1 aliphatic heterocycles. The van der Waals surface area contributed by atoms with E-state index in [2.05, 4.69) is 27.2 Å². The molecule has 2 aromatic rings. The normalized spacial score (nSPS) is 13.7. The summed E-state index contributed by atoms with van der Waals surface area (Å²) in [6.07, 6.45) is 1.79. The highest BCUT2D eigenvalue weighted by molar-refractivity contribution is 7.98. The average molecular weight is 264 g/mol. The van der Waals surface area contributed by atoms with Crippen LogP contribution in [-0.4, -0.2) is 21.5 Å². The molecule has 0 spiro atoms. The van der Waals surface area contributed by atoms with Crippen LogP contribution in [0.25, 0.3) is 10.8 Å². The predicted octanol–water partition coefficient (Wildman–Crippen LogP) is 2.78. The van der Waals surface area contributed by atoms with Gasteiger partial charge in [0, 0.05) is 35.2 Å². The van der Waals surface area contributed by atoms with E-state index in [9.17, 15) is 0 Å². The molecule has 1 N–H and O–H groups in total. The Balaban J connectivity index is 2.09. The third-order valence-electron chi connectivity index (χ3n) is 2.55. The molecule has 0 aliphatic carbocycles. The van der Waals surface area contributed by atoms with Gasteiger partial charge in [-0.3, -0.25) is 0 Å². The predicted molar refractivity (Wildman–Crippen MR) is 72.3 cm³/mol. The summed E-state index contributed by atoms with van der Waals surface area (Å²) in [6.45, 7) is 2.96. The first-order valence-corrected chi connectivity index (χ1v) is 7.53. The van der Waals surface area contributed by atoms with Crippen LogP contribution in [0.15, 0.2) is 11.6 Å². The van der Waals surface area contributed by atoms with Gasteiger partial charge in [-0.05, 0) is 6.92 Å². The SMILES string of the molecule is CCNc1nc(-c2nccs2)nc2c1CSC2. The second-order valence-electron chi connectivity index (χ2n) is 3.68. The Kier molecular flexibility index (Phi) is 2.98. The highest BCUT2D eigenvalue weighted by Crippen LogP contribution is 2.34. The fourth-order valence-electron chi connectivity index (χ4n) is 1.79. The fraction of sp³-hybridized carbons (Fsp3) is 0.364. The molecule has 4 nitrogen and oxygen atoms in total. The molecule has 0 fully saturated rings. The van der Waals surface area contributed by atoms with E-state index in [0.29, 0.717) is 0 Å². The lowest BCUT2D eigenvalue weighted by Gasteiger charge is -2.09. The molecule has 0 amide bonds. The number of thioether (sulfide) groups is 1. The van der Waals surface area contributed by atoms with E-state index in [1.807, 2.05) is 17.1 Å². The third-order valence-corrected chi connectivity index (χ3v) is 4.29. The minimum Gasteiger partial charge on any atom is -0.370 e. The van der Waals surface area contributed by atoms with Gasteiger partial charge in [-0.2, -0.15) is 11.8 Å². The number of anilines is 1. The molecule has 0 aromatic carbocycles. The number of rotatable bonds is 3. The molecule has 1 aliphatic rings. The van der Waals surface area contributed by atoms with Gasteiger partial charge in [0.2, 0.25) is 0 Å². The Bertz CT molecular complexity index is 525.